The van der Waals surface area contributed by atoms with Crippen LogP contribution in [-0.4, -0.2) is 9.97 Å². The fourth-order valence-corrected chi connectivity index (χ4v) is 1.85. The first-order chi connectivity index (χ1) is 8.04. The van der Waals surface area contributed by atoms with Gasteiger partial charge >= 0.3 is 0 Å². The first kappa shape index (κ1) is 11.9. The summed E-state index contributed by atoms with van der Waals surface area (Å²) in [5.41, 5.74) is 5.63. The third-order valence-electron chi connectivity index (χ3n) is 2.25. The predicted octanol–water partition coefficient (Wildman–Crippen LogP) is 2.90. The van der Waals surface area contributed by atoms with Crippen molar-refractivity contribution < 1.29 is 4.42 Å². The van der Waals surface area contributed by atoms with Gasteiger partial charge in [0, 0.05) is 6.07 Å². The molecule has 0 bridgehead atoms. The Morgan fingerprint density at radius 3 is 2.76 bits per heavy atom. The van der Waals surface area contributed by atoms with Gasteiger partial charge in [0.05, 0.1) is 6.04 Å². The molecule has 17 heavy (non-hydrogen) atoms. The molecule has 0 aliphatic carbocycles. The predicted molar refractivity (Wildman–Crippen MR) is 69.6 cm³/mol. The third-order valence-corrected chi connectivity index (χ3v) is 2.65. The molecule has 0 spiro atoms. The summed E-state index contributed by atoms with van der Waals surface area (Å²) in [6.07, 6.45) is 0. The van der Waals surface area contributed by atoms with E-state index in [9.17, 15) is 0 Å². The molecule has 0 saturated heterocycles. The largest absolute Gasteiger partial charge is 0.464 e. The number of furan rings is 1. The molecule has 2 heterocycles. The summed E-state index contributed by atoms with van der Waals surface area (Å²) in [4.78, 5) is 8.27. The van der Waals surface area contributed by atoms with E-state index in [1.165, 1.54) is 0 Å². The first-order valence-corrected chi connectivity index (χ1v) is 5.97. The summed E-state index contributed by atoms with van der Waals surface area (Å²) in [7, 11) is 0. The summed E-state index contributed by atoms with van der Waals surface area (Å²) in [5.74, 6) is 2.60. The SMILES string of the molecule is Cc1ccc(C(C)Nc2nc(N)cc(Br)n2)o1. The van der Waals surface area contributed by atoms with Crippen LogP contribution >= 0.6 is 15.9 Å². The molecule has 0 fully saturated rings. The van der Waals surface area contributed by atoms with E-state index in [0.29, 0.717) is 16.4 Å². The minimum atomic E-state index is -0.0163. The number of rotatable bonds is 3. The number of aromatic nitrogens is 2. The van der Waals surface area contributed by atoms with Crippen molar-refractivity contribution in [2.24, 2.45) is 0 Å². The smallest absolute Gasteiger partial charge is 0.226 e. The third kappa shape index (κ3) is 2.97. The summed E-state index contributed by atoms with van der Waals surface area (Å²) >= 11 is 3.27. The van der Waals surface area contributed by atoms with Crippen LogP contribution in [0.2, 0.25) is 0 Å². The number of nitrogens with one attached hydrogen (secondary N) is 1. The van der Waals surface area contributed by atoms with Crippen molar-refractivity contribution in [1.29, 1.82) is 0 Å². The quantitative estimate of drug-likeness (QED) is 0.852. The molecule has 0 aliphatic heterocycles. The minimum Gasteiger partial charge on any atom is -0.464 e. The fraction of sp³-hybridized carbons (Fsp3) is 0.273. The normalized spacial score (nSPS) is 12.4. The van der Waals surface area contributed by atoms with Gasteiger partial charge in [-0.1, -0.05) is 0 Å². The monoisotopic (exact) mass is 296 g/mol. The Kier molecular flexibility index (Phi) is 3.33. The zero-order chi connectivity index (χ0) is 12.4. The molecule has 6 heteroatoms. The van der Waals surface area contributed by atoms with Crippen molar-refractivity contribution in [2.75, 3.05) is 11.1 Å². The van der Waals surface area contributed by atoms with Crippen LogP contribution < -0.4 is 11.1 Å². The average Bonchev–Trinajstić information content (AvgIpc) is 2.63. The van der Waals surface area contributed by atoms with Crippen molar-refractivity contribution >= 4 is 27.7 Å². The second-order valence-corrected chi connectivity index (χ2v) is 4.57. The second kappa shape index (κ2) is 4.75. The Morgan fingerprint density at radius 2 is 2.18 bits per heavy atom. The standard InChI is InChI=1S/C11H13BrN4O/c1-6-3-4-8(17-6)7(2)14-11-15-9(12)5-10(13)16-11/h3-5,7H,1-2H3,(H3,13,14,15,16). The molecule has 90 valence electrons. The van der Waals surface area contributed by atoms with E-state index in [1.807, 2.05) is 26.0 Å². The zero-order valence-electron chi connectivity index (χ0n) is 9.57. The van der Waals surface area contributed by atoms with Crippen LogP contribution in [0.4, 0.5) is 11.8 Å². The molecular formula is C11H13BrN4O. The highest BCUT2D eigenvalue weighted by Gasteiger charge is 2.11. The van der Waals surface area contributed by atoms with Crippen LogP contribution in [-0.2, 0) is 0 Å². The van der Waals surface area contributed by atoms with Crippen molar-refractivity contribution in [3.8, 4) is 0 Å². The van der Waals surface area contributed by atoms with E-state index < -0.39 is 0 Å². The molecule has 0 saturated carbocycles. The molecular weight excluding hydrogens is 284 g/mol. The molecule has 2 aromatic rings. The van der Waals surface area contributed by atoms with E-state index in [2.05, 4.69) is 31.2 Å². The number of nitrogens with two attached hydrogens (primary N) is 1. The Labute approximate surface area is 108 Å². The highest BCUT2D eigenvalue weighted by Crippen LogP contribution is 2.20. The van der Waals surface area contributed by atoms with Crippen LogP contribution in [0.15, 0.2) is 27.2 Å². The second-order valence-electron chi connectivity index (χ2n) is 3.75. The molecule has 1 atom stereocenters. The Balaban J connectivity index is 2.15. The molecule has 2 aromatic heterocycles. The van der Waals surface area contributed by atoms with Crippen molar-refractivity contribution in [2.45, 2.75) is 19.9 Å². The van der Waals surface area contributed by atoms with Crippen molar-refractivity contribution in [1.82, 2.24) is 9.97 Å². The van der Waals surface area contributed by atoms with E-state index in [0.717, 1.165) is 11.5 Å². The van der Waals surface area contributed by atoms with Gasteiger partial charge < -0.3 is 15.5 Å². The fourth-order valence-electron chi connectivity index (χ4n) is 1.45. The van der Waals surface area contributed by atoms with Gasteiger partial charge in [-0.2, -0.15) is 4.98 Å². The molecule has 3 N–H and O–H groups in total. The molecule has 5 nitrogen and oxygen atoms in total. The van der Waals surface area contributed by atoms with Gasteiger partial charge in [-0.05, 0) is 41.9 Å². The lowest BCUT2D eigenvalue weighted by Gasteiger charge is -2.11. The van der Waals surface area contributed by atoms with Crippen LogP contribution in [0.3, 0.4) is 0 Å². The average molecular weight is 297 g/mol. The van der Waals surface area contributed by atoms with Crippen LogP contribution in [0, 0.1) is 6.92 Å². The lowest BCUT2D eigenvalue weighted by atomic mass is 10.2. The summed E-state index contributed by atoms with van der Waals surface area (Å²) < 4.78 is 6.17. The number of aryl methyl sites for hydroxylation is 1. The van der Waals surface area contributed by atoms with Gasteiger partial charge in [0.1, 0.15) is 21.9 Å². The first-order valence-electron chi connectivity index (χ1n) is 5.17. The van der Waals surface area contributed by atoms with Crippen molar-refractivity contribution in [3.05, 3.63) is 34.3 Å². The number of anilines is 2. The Morgan fingerprint density at radius 1 is 1.41 bits per heavy atom. The number of halogens is 1. The maximum absolute atomic E-state index is 5.63. The van der Waals surface area contributed by atoms with Gasteiger partial charge in [0.2, 0.25) is 5.95 Å². The highest BCUT2D eigenvalue weighted by atomic mass is 79.9. The lowest BCUT2D eigenvalue weighted by Crippen LogP contribution is -2.09. The molecule has 2 rings (SSSR count). The van der Waals surface area contributed by atoms with Gasteiger partial charge in [0.25, 0.3) is 0 Å². The summed E-state index contributed by atoms with van der Waals surface area (Å²) in [6, 6.07) is 5.47. The Bertz CT molecular complexity index is 506. The number of nitrogen functional groups attached to an aromatic ring is 1. The molecule has 1 unspecified atom stereocenters. The molecule has 0 amide bonds. The highest BCUT2D eigenvalue weighted by molar-refractivity contribution is 9.10. The topological polar surface area (TPSA) is 77.0 Å². The number of hydrogen-bond donors (Lipinski definition) is 2. The lowest BCUT2D eigenvalue weighted by molar-refractivity contribution is 0.466. The van der Waals surface area contributed by atoms with Crippen molar-refractivity contribution in [3.63, 3.8) is 0 Å². The van der Waals surface area contributed by atoms with E-state index in [4.69, 9.17) is 10.2 Å². The van der Waals surface area contributed by atoms with Crippen LogP contribution in [0.5, 0.6) is 0 Å². The van der Waals surface area contributed by atoms with Gasteiger partial charge in [-0.25, -0.2) is 4.98 Å². The maximum Gasteiger partial charge on any atom is 0.226 e. The number of hydrogen-bond acceptors (Lipinski definition) is 5. The zero-order valence-corrected chi connectivity index (χ0v) is 11.2. The van der Waals surface area contributed by atoms with E-state index in [-0.39, 0.29) is 6.04 Å². The molecule has 0 aromatic carbocycles. The summed E-state index contributed by atoms with van der Waals surface area (Å²) in [6.45, 7) is 3.88. The Hall–Kier alpha value is -1.56. The maximum atomic E-state index is 5.63. The van der Waals surface area contributed by atoms with Gasteiger partial charge in [0.15, 0.2) is 0 Å². The van der Waals surface area contributed by atoms with Gasteiger partial charge in [-0.3, -0.25) is 0 Å². The van der Waals surface area contributed by atoms with E-state index in [1.54, 1.807) is 6.07 Å². The molecule has 0 radical (unpaired) electrons. The van der Waals surface area contributed by atoms with Crippen LogP contribution in [0.25, 0.3) is 0 Å². The summed E-state index contributed by atoms with van der Waals surface area (Å²) in [5, 5.41) is 3.13. The minimum absolute atomic E-state index is 0.0163. The van der Waals surface area contributed by atoms with Gasteiger partial charge in [-0.15, -0.1) is 0 Å². The number of nitrogens with zero attached hydrogens (tertiary/aromatic N) is 2. The van der Waals surface area contributed by atoms with Crippen LogP contribution in [0.1, 0.15) is 24.5 Å². The molecule has 0 aliphatic rings. The van der Waals surface area contributed by atoms with E-state index >= 15 is 0 Å².